The minimum Gasteiger partial charge on any atom is -0.506 e. The number of aromatic hydroxyl groups is 1. The van der Waals surface area contributed by atoms with E-state index in [-0.39, 0.29) is 60.2 Å². The summed E-state index contributed by atoms with van der Waals surface area (Å²) >= 11 is 0. The number of aromatic nitrogens is 1. The smallest absolute Gasteiger partial charge is 0.317 e. The maximum Gasteiger partial charge on any atom is 0.317 e. The maximum atomic E-state index is 13.9. The van der Waals surface area contributed by atoms with Crippen molar-refractivity contribution in [3.8, 4) is 5.75 Å². The fourth-order valence-corrected chi connectivity index (χ4v) is 8.13. The van der Waals surface area contributed by atoms with Gasteiger partial charge in [-0.15, -0.1) is 0 Å². The van der Waals surface area contributed by atoms with Crippen LogP contribution in [0.25, 0.3) is 10.9 Å². The van der Waals surface area contributed by atoms with Gasteiger partial charge in [-0.1, -0.05) is 48.5 Å². The fraction of sp³-hybridized carbons (Fsp3) is 0.415. The molecule has 8 rings (SSSR count). The highest BCUT2D eigenvalue weighted by molar-refractivity contribution is 5.94. The highest BCUT2D eigenvalue weighted by Crippen LogP contribution is 2.39. The molecule has 3 aromatic carbocycles. The molecular formula is C41H47N5O7. The van der Waals surface area contributed by atoms with Gasteiger partial charge in [0.1, 0.15) is 11.9 Å². The van der Waals surface area contributed by atoms with E-state index < -0.39 is 11.5 Å². The number of likely N-dealkylation sites (tertiary alicyclic amines) is 1. The van der Waals surface area contributed by atoms with Gasteiger partial charge in [-0.05, 0) is 85.6 Å². The number of aliphatic hydroxyl groups is 1. The summed E-state index contributed by atoms with van der Waals surface area (Å²) in [5, 5.41) is 27.5. The molecule has 4 aliphatic rings. The Hall–Kier alpha value is -5.04. The zero-order valence-electron chi connectivity index (χ0n) is 29.8. The van der Waals surface area contributed by atoms with Crippen LogP contribution in [0.15, 0.2) is 83.7 Å². The Balaban J connectivity index is 0.863. The van der Waals surface area contributed by atoms with Crippen LogP contribution in [0.2, 0.25) is 0 Å². The molecule has 4 aliphatic heterocycles. The number of amides is 2. The van der Waals surface area contributed by atoms with Crippen LogP contribution in [0.4, 0.5) is 0 Å². The molecule has 0 radical (unpaired) electrons. The standard InChI is InChI=1S/C41H47N5O7/c47-33-12-10-31(32-11-13-36(49)44-38(32)33)34(48)25-42-24-27-6-8-29(9-7-27)39(51)43-19-14-37(50)46-22-17-41(18-23-46,30-4-2-1-3-5-30)40(52)53-35-26-45-20-15-28(35)16-21-45/h1-13,28,34-35,42,47-48H,14-26H2,(H,43,51)(H,44,49). The van der Waals surface area contributed by atoms with E-state index in [1.807, 2.05) is 42.5 Å². The van der Waals surface area contributed by atoms with Crippen LogP contribution < -0.4 is 16.2 Å². The first-order valence-electron chi connectivity index (χ1n) is 18.6. The van der Waals surface area contributed by atoms with Crippen LogP contribution in [0.3, 0.4) is 0 Å². The summed E-state index contributed by atoms with van der Waals surface area (Å²) in [4.78, 5) is 58.5. The van der Waals surface area contributed by atoms with Crippen molar-refractivity contribution >= 4 is 28.7 Å². The number of carbonyl (C=O) groups excluding carboxylic acids is 3. The van der Waals surface area contributed by atoms with E-state index in [4.69, 9.17) is 4.74 Å². The first-order chi connectivity index (χ1) is 25.7. The molecule has 4 saturated heterocycles. The van der Waals surface area contributed by atoms with Crippen LogP contribution in [0.5, 0.6) is 5.75 Å². The van der Waals surface area contributed by atoms with Gasteiger partial charge >= 0.3 is 5.97 Å². The number of nitrogens with one attached hydrogen (secondary N) is 3. The van der Waals surface area contributed by atoms with Crippen LogP contribution in [0.1, 0.15) is 65.3 Å². The van der Waals surface area contributed by atoms with E-state index in [1.165, 1.54) is 12.1 Å². The van der Waals surface area contributed by atoms with Crippen LogP contribution in [-0.4, -0.2) is 94.7 Å². The third-order valence-corrected chi connectivity index (χ3v) is 11.3. The van der Waals surface area contributed by atoms with E-state index in [2.05, 4.69) is 20.5 Å². The van der Waals surface area contributed by atoms with Gasteiger partial charge in [0, 0.05) is 62.7 Å². The Morgan fingerprint density at radius 3 is 2.36 bits per heavy atom. The van der Waals surface area contributed by atoms with Crippen molar-refractivity contribution in [1.29, 1.82) is 0 Å². The van der Waals surface area contributed by atoms with Gasteiger partial charge < -0.3 is 35.5 Å². The van der Waals surface area contributed by atoms with Gasteiger partial charge in [-0.2, -0.15) is 0 Å². The number of esters is 1. The summed E-state index contributed by atoms with van der Waals surface area (Å²) < 4.78 is 6.26. The Morgan fingerprint density at radius 1 is 0.925 bits per heavy atom. The summed E-state index contributed by atoms with van der Waals surface area (Å²) in [5.41, 5.74) is 2.05. The number of phenols is 1. The second-order valence-electron chi connectivity index (χ2n) is 14.5. The van der Waals surface area contributed by atoms with Crippen molar-refractivity contribution in [1.82, 2.24) is 25.4 Å². The molecular weight excluding hydrogens is 674 g/mol. The normalized spacial score (nSPS) is 21.2. The number of nitrogens with zero attached hydrogens (tertiary/aromatic N) is 2. The van der Waals surface area contributed by atoms with Crippen LogP contribution in [0, 0.1) is 5.92 Å². The highest BCUT2D eigenvalue weighted by atomic mass is 16.5. The topological polar surface area (TPSA) is 164 Å². The zero-order chi connectivity index (χ0) is 37.0. The Labute approximate surface area is 308 Å². The van der Waals surface area contributed by atoms with Gasteiger partial charge in [-0.3, -0.25) is 24.1 Å². The molecule has 12 nitrogen and oxygen atoms in total. The SMILES string of the molecule is O=C(NCCC(=O)N1CCC(C(=O)OC2CN3CCC2CC3)(c2ccccc2)CC1)c1ccc(CNCC(O)c2ccc(O)c3[nH]c(=O)ccc23)cc1. The number of ether oxygens (including phenoxy) is 1. The molecule has 0 saturated carbocycles. The Morgan fingerprint density at radius 2 is 1.66 bits per heavy atom. The summed E-state index contributed by atoms with van der Waals surface area (Å²) in [7, 11) is 0. The Kier molecular flexibility index (Phi) is 10.9. The van der Waals surface area contributed by atoms with Crippen molar-refractivity contribution < 1.29 is 29.3 Å². The van der Waals surface area contributed by atoms with Crippen LogP contribution in [-0.2, 0) is 26.3 Å². The average Bonchev–Trinajstić information content (AvgIpc) is 3.19. The van der Waals surface area contributed by atoms with E-state index in [0.29, 0.717) is 54.9 Å². The Bertz CT molecular complexity index is 1980. The molecule has 53 heavy (non-hydrogen) atoms. The number of phenolic OH excluding ortho intramolecular Hbond substituents is 1. The molecule has 0 aliphatic carbocycles. The van der Waals surface area contributed by atoms with Crippen molar-refractivity contribution in [2.45, 2.75) is 56.3 Å². The molecule has 5 heterocycles. The highest BCUT2D eigenvalue weighted by Gasteiger charge is 2.47. The lowest BCUT2D eigenvalue weighted by atomic mass is 9.72. The number of hydrogen-bond acceptors (Lipinski definition) is 9. The van der Waals surface area contributed by atoms with Crippen LogP contribution >= 0.6 is 0 Å². The lowest BCUT2D eigenvalue weighted by Crippen LogP contribution is -2.55. The number of benzene rings is 3. The summed E-state index contributed by atoms with van der Waals surface area (Å²) in [6.45, 7) is 4.70. The number of rotatable bonds is 12. The summed E-state index contributed by atoms with van der Waals surface area (Å²) in [6.07, 6.45) is 2.32. The van der Waals surface area contributed by atoms with Gasteiger partial charge in [0.25, 0.3) is 5.91 Å². The van der Waals surface area contributed by atoms with Gasteiger partial charge in [0.15, 0.2) is 0 Å². The predicted molar refractivity (Wildman–Crippen MR) is 199 cm³/mol. The molecule has 4 fully saturated rings. The lowest BCUT2D eigenvalue weighted by molar-refractivity contribution is -0.168. The van der Waals surface area contributed by atoms with E-state index in [0.717, 1.165) is 43.6 Å². The molecule has 5 N–H and O–H groups in total. The number of pyridine rings is 1. The monoisotopic (exact) mass is 721 g/mol. The lowest BCUT2D eigenvalue weighted by Gasteiger charge is -2.46. The van der Waals surface area contributed by atoms with Gasteiger partial charge in [0.2, 0.25) is 11.5 Å². The number of fused-ring (bicyclic) bond motifs is 4. The van der Waals surface area contributed by atoms with Crippen molar-refractivity contribution in [2.75, 3.05) is 45.8 Å². The third-order valence-electron chi connectivity index (χ3n) is 11.3. The molecule has 2 amide bonds. The zero-order valence-corrected chi connectivity index (χ0v) is 29.8. The second kappa shape index (κ2) is 15.9. The molecule has 4 aromatic rings. The van der Waals surface area contributed by atoms with E-state index in [1.54, 1.807) is 29.2 Å². The molecule has 1 aromatic heterocycles. The number of aromatic amines is 1. The first kappa shape index (κ1) is 36.3. The molecule has 2 bridgehead atoms. The third kappa shape index (κ3) is 8.00. The minimum absolute atomic E-state index is 0.0603. The maximum absolute atomic E-state index is 13.9. The summed E-state index contributed by atoms with van der Waals surface area (Å²) in [6, 6.07) is 22.9. The quantitative estimate of drug-likeness (QED) is 0.138. The molecule has 12 heteroatoms. The molecule has 0 spiro atoms. The average molecular weight is 722 g/mol. The van der Waals surface area contributed by atoms with E-state index in [9.17, 15) is 29.4 Å². The number of hydrogen-bond donors (Lipinski definition) is 5. The minimum atomic E-state index is -0.885. The molecule has 2 atom stereocenters. The largest absolute Gasteiger partial charge is 0.506 e. The van der Waals surface area contributed by atoms with Crippen molar-refractivity contribution in [2.24, 2.45) is 5.92 Å². The number of carbonyl (C=O) groups is 3. The number of aliphatic hydroxyl groups excluding tert-OH is 1. The predicted octanol–water partition coefficient (Wildman–Crippen LogP) is 3.37. The van der Waals surface area contributed by atoms with Crippen molar-refractivity contribution in [3.63, 3.8) is 0 Å². The second-order valence-corrected chi connectivity index (χ2v) is 14.5. The van der Waals surface area contributed by atoms with Crippen molar-refractivity contribution in [3.05, 3.63) is 111 Å². The number of piperidine rings is 4. The van der Waals surface area contributed by atoms with Gasteiger partial charge in [-0.25, -0.2) is 0 Å². The first-order valence-corrected chi connectivity index (χ1v) is 18.6. The molecule has 278 valence electrons. The fourth-order valence-electron chi connectivity index (χ4n) is 8.13. The number of H-pyrrole nitrogens is 1. The molecule has 2 unspecified atom stereocenters. The summed E-state index contributed by atoms with van der Waals surface area (Å²) in [5.74, 6) is -0.158. The van der Waals surface area contributed by atoms with Gasteiger partial charge in [0.05, 0.1) is 17.0 Å². The van der Waals surface area contributed by atoms with E-state index >= 15 is 0 Å².